The monoisotopic (exact) mass is 226 g/mol. The third-order valence-electron chi connectivity index (χ3n) is 2.10. The predicted octanol–water partition coefficient (Wildman–Crippen LogP) is 3.24. The first-order valence-corrected chi connectivity index (χ1v) is 5.05. The minimum Gasteiger partial charge on any atom is -0.469 e. The molecule has 14 heavy (non-hydrogen) atoms. The van der Waals surface area contributed by atoms with Crippen LogP contribution in [0.2, 0.25) is 0 Å². The summed E-state index contributed by atoms with van der Waals surface area (Å²) in [5, 5.41) is 0. The van der Waals surface area contributed by atoms with Crippen LogP contribution in [0, 0.1) is 6.92 Å². The highest BCUT2D eigenvalue weighted by atomic mass is 32.2. The average molecular weight is 226 g/mol. The summed E-state index contributed by atoms with van der Waals surface area (Å²) in [6.45, 7) is 1.87. The SMILES string of the molecule is Cc1occc1C(S)(S)c1ccco1. The Labute approximate surface area is 93.1 Å². The fraction of sp³-hybridized carbons (Fsp3) is 0.200. The number of thiol groups is 2. The highest BCUT2D eigenvalue weighted by Gasteiger charge is 2.31. The molecule has 0 aliphatic carbocycles. The zero-order valence-electron chi connectivity index (χ0n) is 7.60. The van der Waals surface area contributed by atoms with Crippen LogP contribution in [0.3, 0.4) is 0 Å². The van der Waals surface area contributed by atoms with E-state index < -0.39 is 4.08 Å². The molecule has 0 aliphatic rings. The van der Waals surface area contributed by atoms with Gasteiger partial charge < -0.3 is 8.83 Å². The minimum absolute atomic E-state index is 0.689. The van der Waals surface area contributed by atoms with Crippen molar-refractivity contribution in [1.29, 1.82) is 0 Å². The Morgan fingerprint density at radius 1 is 1.14 bits per heavy atom. The second kappa shape index (κ2) is 3.44. The first kappa shape index (κ1) is 9.80. The van der Waals surface area contributed by atoms with Crippen molar-refractivity contribution in [3.63, 3.8) is 0 Å². The summed E-state index contributed by atoms with van der Waals surface area (Å²) in [5.74, 6) is 1.49. The fourth-order valence-electron chi connectivity index (χ4n) is 1.36. The number of rotatable bonds is 2. The van der Waals surface area contributed by atoms with Gasteiger partial charge in [0.2, 0.25) is 0 Å². The highest BCUT2D eigenvalue weighted by molar-refractivity contribution is 8.00. The van der Waals surface area contributed by atoms with Crippen LogP contribution in [0.15, 0.2) is 39.6 Å². The Hall–Kier alpha value is -0.740. The van der Waals surface area contributed by atoms with Crippen LogP contribution in [0.4, 0.5) is 0 Å². The zero-order chi connectivity index (χ0) is 10.2. The van der Waals surface area contributed by atoms with Crippen LogP contribution >= 0.6 is 25.3 Å². The van der Waals surface area contributed by atoms with E-state index in [1.54, 1.807) is 12.5 Å². The molecule has 0 aliphatic heterocycles. The largest absolute Gasteiger partial charge is 0.469 e. The quantitative estimate of drug-likeness (QED) is 0.607. The Morgan fingerprint density at radius 3 is 2.43 bits per heavy atom. The lowest BCUT2D eigenvalue weighted by molar-refractivity contribution is 0.501. The number of furan rings is 2. The van der Waals surface area contributed by atoms with E-state index in [0.29, 0.717) is 5.76 Å². The van der Waals surface area contributed by atoms with E-state index in [-0.39, 0.29) is 0 Å². The molecular weight excluding hydrogens is 216 g/mol. The third-order valence-corrected chi connectivity index (χ3v) is 3.02. The van der Waals surface area contributed by atoms with Crippen LogP contribution in [0.1, 0.15) is 17.1 Å². The van der Waals surface area contributed by atoms with Gasteiger partial charge in [0.05, 0.1) is 12.5 Å². The van der Waals surface area contributed by atoms with Crippen LogP contribution in [0.25, 0.3) is 0 Å². The second-order valence-corrected chi connectivity index (χ2v) is 4.73. The summed E-state index contributed by atoms with van der Waals surface area (Å²) in [6.07, 6.45) is 3.22. The Balaban J connectivity index is 2.48. The number of hydrogen-bond donors (Lipinski definition) is 2. The third kappa shape index (κ3) is 1.48. The Kier molecular flexibility index (Phi) is 2.41. The van der Waals surface area contributed by atoms with E-state index in [4.69, 9.17) is 8.83 Å². The van der Waals surface area contributed by atoms with Gasteiger partial charge >= 0.3 is 0 Å². The molecule has 2 heterocycles. The lowest BCUT2D eigenvalue weighted by Gasteiger charge is -2.19. The van der Waals surface area contributed by atoms with E-state index in [9.17, 15) is 0 Å². The zero-order valence-corrected chi connectivity index (χ0v) is 9.39. The molecule has 2 rings (SSSR count). The van der Waals surface area contributed by atoms with Crippen molar-refractivity contribution in [2.45, 2.75) is 11.0 Å². The van der Waals surface area contributed by atoms with Crippen molar-refractivity contribution in [3.8, 4) is 0 Å². The first-order chi connectivity index (χ1) is 6.62. The molecule has 0 atom stereocenters. The van der Waals surface area contributed by atoms with Gasteiger partial charge in [-0.2, -0.15) is 0 Å². The summed E-state index contributed by atoms with van der Waals surface area (Å²) in [7, 11) is 0. The van der Waals surface area contributed by atoms with Gasteiger partial charge in [-0.3, -0.25) is 0 Å². The molecule has 0 bridgehead atoms. The maximum Gasteiger partial charge on any atom is 0.142 e. The molecule has 0 amide bonds. The predicted molar refractivity (Wildman–Crippen MR) is 60.9 cm³/mol. The van der Waals surface area contributed by atoms with Gasteiger partial charge in [0.1, 0.15) is 15.6 Å². The molecular formula is C10H10O2S2. The normalized spacial score (nSPS) is 11.9. The summed E-state index contributed by atoms with van der Waals surface area (Å²) >= 11 is 8.96. The van der Waals surface area contributed by atoms with E-state index >= 15 is 0 Å². The molecule has 2 nitrogen and oxygen atoms in total. The van der Waals surface area contributed by atoms with Crippen molar-refractivity contribution in [3.05, 3.63) is 47.8 Å². The molecule has 0 spiro atoms. The highest BCUT2D eigenvalue weighted by Crippen LogP contribution is 2.41. The average Bonchev–Trinajstić information content (AvgIpc) is 2.72. The van der Waals surface area contributed by atoms with E-state index in [1.807, 2.05) is 25.1 Å². The molecule has 0 saturated carbocycles. The maximum atomic E-state index is 5.28. The van der Waals surface area contributed by atoms with Crippen LogP contribution in [0.5, 0.6) is 0 Å². The van der Waals surface area contributed by atoms with Crippen molar-refractivity contribution in [2.24, 2.45) is 0 Å². The lowest BCUT2D eigenvalue weighted by Crippen LogP contribution is -2.11. The molecule has 0 radical (unpaired) electrons. The summed E-state index contributed by atoms with van der Waals surface area (Å²) in [5.41, 5.74) is 0.902. The van der Waals surface area contributed by atoms with E-state index in [0.717, 1.165) is 11.3 Å². The fourth-order valence-corrected chi connectivity index (χ4v) is 2.07. The maximum absolute atomic E-state index is 5.28. The molecule has 2 aromatic heterocycles. The molecule has 2 aromatic rings. The van der Waals surface area contributed by atoms with Crippen molar-refractivity contribution in [1.82, 2.24) is 0 Å². The van der Waals surface area contributed by atoms with Crippen molar-refractivity contribution in [2.75, 3.05) is 0 Å². The summed E-state index contributed by atoms with van der Waals surface area (Å²) in [6, 6.07) is 5.50. The molecule has 0 aromatic carbocycles. The van der Waals surface area contributed by atoms with Gasteiger partial charge in [0, 0.05) is 5.56 Å². The van der Waals surface area contributed by atoms with Crippen molar-refractivity contribution >= 4 is 25.3 Å². The van der Waals surface area contributed by atoms with Crippen LogP contribution < -0.4 is 0 Å². The molecule has 0 N–H and O–H groups in total. The van der Waals surface area contributed by atoms with Crippen molar-refractivity contribution < 1.29 is 8.83 Å². The smallest absolute Gasteiger partial charge is 0.142 e. The van der Waals surface area contributed by atoms with E-state index in [1.165, 1.54) is 0 Å². The van der Waals surface area contributed by atoms with Gasteiger partial charge in [-0.1, -0.05) is 0 Å². The van der Waals surface area contributed by atoms with Gasteiger partial charge in [0.15, 0.2) is 0 Å². The number of hydrogen-bond acceptors (Lipinski definition) is 4. The first-order valence-electron chi connectivity index (χ1n) is 4.15. The van der Waals surface area contributed by atoms with Gasteiger partial charge in [-0.15, -0.1) is 25.3 Å². The standard InChI is InChI=1S/C10H10O2S2/c1-7-8(4-6-11-7)10(13,14)9-3-2-5-12-9/h2-6,13-14H,1H3. The van der Waals surface area contributed by atoms with E-state index in [2.05, 4.69) is 25.3 Å². The van der Waals surface area contributed by atoms with Gasteiger partial charge in [-0.25, -0.2) is 0 Å². The molecule has 74 valence electrons. The molecule has 0 saturated heterocycles. The van der Waals surface area contributed by atoms with Gasteiger partial charge in [-0.05, 0) is 25.1 Å². The summed E-state index contributed by atoms with van der Waals surface area (Å²) < 4.78 is 9.76. The molecule has 0 fully saturated rings. The van der Waals surface area contributed by atoms with Crippen LogP contribution in [-0.2, 0) is 4.08 Å². The number of aryl methyl sites for hydroxylation is 1. The Bertz CT molecular complexity index is 415. The van der Waals surface area contributed by atoms with Crippen LogP contribution in [-0.4, -0.2) is 0 Å². The lowest BCUT2D eigenvalue weighted by atomic mass is 10.1. The minimum atomic E-state index is -0.736. The molecule has 4 heteroatoms. The Morgan fingerprint density at radius 2 is 1.93 bits per heavy atom. The van der Waals surface area contributed by atoms with Gasteiger partial charge in [0.25, 0.3) is 0 Å². The molecule has 0 unspecified atom stereocenters. The summed E-state index contributed by atoms with van der Waals surface area (Å²) in [4.78, 5) is 0. The topological polar surface area (TPSA) is 26.3 Å². The second-order valence-electron chi connectivity index (χ2n) is 3.04.